The summed E-state index contributed by atoms with van der Waals surface area (Å²) in [7, 11) is -2.45. The fourth-order valence-corrected chi connectivity index (χ4v) is 3.65. The highest BCUT2D eigenvalue weighted by molar-refractivity contribution is 7.90. The first-order valence-corrected chi connectivity index (χ1v) is 7.76. The Morgan fingerprint density at radius 1 is 1.38 bits per heavy atom. The third-order valence-electron chi connectivity index (χ3n) is 3.02. The van der Waals surface area contributed by atoms with Crippen LogP contribution in [0.25, 0.3) is 0 Å². The standard InChI is InChI=1S/C13H16N2O5S/c1-9(8-20-2)14-12(16)7-15-13(17)10-5-3-4-6-11(10)21(15,18)19/h3-6,9H,7-8H2,1-2H3,(H,14,16)/t9-/m1/s1. The summed E-state index contributed by atoms with van der Waals surface area (Å²) in [4.78, 5) is 23.9. The van der Waals surface area contributed by atoms with E-state index in [4.69, 9.17) is 4.74 Å². The van der Waals surface area contributed by atoms with Gasteiger partial charge in [-0.1, -0.05) is 12.1 Å². The molecule has 7 nitrogen and oxygen atoms in total. The van der Waals surface area contributed by atoms with Crippen LogP contribution in [-0.2, 0) is 19.6 Å². The highest BCUT2D eigenvalue weighted by Gasteiger charge is 2.41. The molecule has 8 heteroatoms. The van der Waals surface area contributed by atoms with E-state index in [1.807, 2.05) is 0 Å². The van der Waals surface area contributed by atoms with Crippen molar-refractivity contribution < 1.29 is 22.7 Å². The van der Waals surface area contributed by atoms with Gasteiger partial charge < -0.3 is 10.1 Å². The van der Waals surface area contributed by atoms with E-state index in [9.17, 15) is 18.0 Å². The third-order valence-corrected chi connectivity index (χ3v) is 4.81. The predicted octanol–water partition coefficient (Wildman–Crippen LogP) is -0.0178. The van der Waals surface area contributed by atoms with Crippen LogP contribution in [0, 0.1) is 0 Å². The van der Waals surface area contributed by atoms with Gasteiger partial charge in [-0.05, 0) is 19.1 Å². The molecule has 0 saturated carbocycles. The SMILES string of the molecule is COC[C@@H](C)NC(=O)CN1C(=O)c2ccccc2S1(=O)=O. The Bertz CT molecular complexity index is 671. The van der Waals surface area contributed by atoms with E-state index in [1.165, 1.54) is 25.3 Å². The molecular formula is C13H16N2O5S. The van der Waals surface area contributed by atoms with Gasteiger partial charge in [0.25, 0.3) is 15.9 Å². The Morgan fingerprint density at radius 2 is 2.05 bits per heavy atom. The number of sulfonamides is 1. The topological polar surface area (TPSA) is 92.8 Å². The second-order valence-electron chi connectivity index (χ2n) is 4.74. The molecule has 1 aliphatic rings. The summed E-state index contributed by atoms with van der Waals surface area (Å²) >= 11 is 0. The summed E-state index contributed by atoms with van der Waals surface area (Å²) in [5, 5.41) is 2.57. The summed E-state index contributed by atoms with van der Waals surface area (Å²) in [6.45, 7) is 1.48. The van der Waals surface area contributed by atoms with Crippen LogP contribution >= 0.6 is 0 Å². The van der Waals surface area contributed by atoms with Crippen LogP contribution in [-0.4, -0.2) is 50.8 Å². The number of carbonyl (C=O) groups excluding carboxylic acids is 2. The number of benzene rings is 1. The van der Waals surface area contributed by atoms with Crippen molar-refractivity contribution in [3.8, 4) is 0 Å². The van der Waals surface area contributed by atoms with E-state index in [-0.39, 0.29) is 16.5 Å². The maximum absolute atomic E-state index is 12.2. The number of ether oxygens (including phenoxy) is 1. The summed E-state index contributed by atoms with van der Waals surface area (Å²) in [5.74, 6) is -1.23. The molecule has 1 N–H and O–H groups in total. The number of hydrogen-bond donors (Lipinski definition) is 1. The maximum atomic E-state index is 12.2. The lowest BCUT2D eigenvalue weighted by atomic mass is 10.2. The number of fused-ring (bicyclic) bond motifs is 1. The molecule has 0 spiro atoms. The lowest BCUT2D eigenvalue weighted by Gasteiger charge is -2.17. The summed E-state index contributed by atoms with van der Waals surface area (Å²) in [6.07, 6.45) is 0. The lowest BCUT2D eigenvalue weighted by Crippen LogP contribution is -2.44. The number of nitrogens with zero attached hydrogens (tertiary/aromatic N) is 1. The molecule has 114 valence electrons. The molecule has 0 bridgehead atoms. The van der Waals surface area contributed by atoms with Gasteiger partial charge in [0.1, 0.15) is 11.4 Å². The Hall–Kier alpha value is -1.93. The quantitative estimate of drug-likeness (QED) is 0.825. The molecule has 2 amide bonds. The normalized spacial score (nSPS) is 17.4. The van der Waals surface area contributed by atoms with Crippen molar-refractivity contribution in [1.29, 1.82) is 0 Å². The molecule has 1 aromatic rings. The molecule has 0 radical (unpaired) electrons. The number of methoxy groups -OCH3 is 1. The minimum atomic E-state index is -3.95. The van der Waals surface area contributed by atoms with E-state index in [0.29, 0.717) is 10.9 Å². The maximum Gasteiger partial charge on any atom is 0.269 e. The van der Waals surface area contributed by atoms with E-state index in [0.717, 1.165) is 0 Å². The molecule has 1 heterocycles. The van der Waals surface area contributed by atoms with E-state index >= 15 is 0 Å². The number of carbonyl (C=O) groups is 2. The monoisotopic (exact) mass is 312 g/mol. The van der Waals surface area contributed by atoms with Gasteiger partial charge in [-0.3, -0.25) is 9.59 Å². The fourth-order valence-electron chi connectivity index (χ4n) is 2.13. The van der Waals surface area contributed by atoms with Crippen LogP contribution in [0.1, 0.15) is 17.3 Å². The van der Waals surface area contributed by atoms with Gasteiger partial charge in [0.05, 0.1) is 12.2 Å². The summed E-state index contributed by atoms with van der Waals surface area (Å²) in [6, 6.07) is 5.63. The van der Waals surface area contributed by atoms with Crippen LogP contribution in [0.5, 0.6) is 0 Å². The summed E-state index contributed by atoms with van der Waals surface area (Å²) in [5.41, 5.74) is 0.0928. The van der Waals surface area contributed by atoms with Gasteiger partial charge in [0.2, 0.25) is 5.91 Å². The van der Waals surface area contributed by atoms with Crippen LogP contribution in [0.4, 0.5) is 0 Å². The Labute approximate surface area is 122 Å². The molecule has 0 fully saturated rings. The number of rotatable bonds is 5. The lowest BCUT2D eigenvalue weighted by molar-refractivity contribution is -0.121. The molecule has 0 aliphatic carbocycles. The van der Waals surface area contributed by atoms with Gasteiger partial charge in [0, 0.05) is 13.2 Å². The van der Waals surface area contributed by atoms with Crippen molar-refractivity contribution in [2.75, 3.05) is 20.3 Å². The number of nitrogens with one attached hydrogen (secondary N) is 1. The smallest absolute Gasteiger partial charge is 0.269 e. The van der Waals surface area contributed by atoms with Crippen molar-refractivity contribution in [3.05, 3.63) is 29.8 Å². The molecular weight excluding hydrogens is 296 g/mol. The highest BCUT2D eigenvalue weighted by Crippen LogP contribution is 2.29. The highest BCUT2D eigenvalue weighted by atomic mass is 32.2. The van der Waals surface area contributed by atoms with Gasteiger partial charge in [-0.2, -0.15) is 0 Å². The van der Waals surface area contributed by atoms with Gasteiger partial charge in [-0.25, -0.2) is 12.7 Å². The first kappa shape index (κ1) is 15.5. The molecule has 0 aromatic heterocycles. The predicted molar refractivity (Wildman–Crippen MR) is 74.1 cm³/mol. The zero-order chi connectivity index (χ0) is 15.6. The van der Waals surface area contributed by atoms with Gasteiger partial charge in [0.15, 0.2) is 0 Å². The molecule has 1 atom stereocenters. The Morgan fingerprint density at radius 3 is 2.67 bits per heavy atom. The molecule has 1 aliphatic heterocycles. The van der Waals surface area contributed by atoms with Crippen molar-refractivity contribution >= 4 is 21.8 Å². The van der Waals surface area contributed by atoms with Crippen molar-refractivity contribution in [2.45, 2.75) is 17.9 Å². The van der Waals surface area contributed by atoms with E-state index < -0.39 is 28.4 Å². The molecule has 1 aromatic carbocycles. The average Bonchev–Trinajstić information content (AvgIpc) is 2.61. The fraction of sp³-hybridized carbons (Fsp3) is 0.385. The number of hydrogen-bond acceptors (Lipinski definition) is 5. The first-order chi connectivity index (χ1) is 9.87. The van der Waals surface area contributed by atoms with Crippen LogP contribution in [0.15, 0.2) is 29.2 Å². The molecule has 0 saturated heterocycles. The average molecular weight is 312 g/mol. The molecule has 0 unspecified atom stereocenters. The van der Waals surface area contributed by atoms with Crippen LogP contribution < -0.4 is 5.32 Å². The van der Waals surface area contributed by atoms with Crippen LogP contribution in [0.2, 0.25) is 0 Å². The van der Waals surface area contributed by atoms with Crippen molar-refractivity contribution in [3.63, 3.8) is 0 Å². The van der Waals surface area contributed by atoms with E-state index in [1.54, 1.807) is 13.0 Å². The van der Waals surface area contributed by atoms with Gasteiger partial charge in [-0.15, -0.1) is 0 Å². The Balaban J connectivity index is 2.16. The first-order valence-electron chi connectivity index (χ1n) is 6.32. The van der Waals surface area contributed by atoms with Crippen molar-refractivity contribution in [2.24, 2.45) is 0 Å². The number of amides is 2. The largest absolute Gasteiger partial charge is 0.383 e. The third kappa shape index (κ3) is 2.91. The van der Waals surface area contributed by atoms with Crippen LogP contribution in [0.3, 0.4) is 0 Å². The minimum absolute atomic E-state index is 0.0623. The second kappa shape index (κ2) is 5.82. The second-order valence-corrected chi connectivity index (χ2v) is 6.57. The minimum Gasteiger partial charge on any atom is -0.383 e. The Kier molecular flexibility index (Phi) is 4.29. The van der Waals surface area contributed by atoms with Gasteiger partial charge >= 0.3 is 0 Å². The molecule has 21 heavy (non-hydrogen) atoms. The zero-order valence-electron chi connectivity index (χ0n) is 11.7. The zero-order valence-corrected chi connectivity index (χ0v) is 12.5. The molecule has 2 rings (SSSR count). The summed E-state index contributed by atoms with van der Waals surface area (Å²) < 4.78 is 29.9. The van der Waals surface area contributed by atoms with Crippen molar-refractivity contribution in [1.82, 2.24) is 9.62 Å². The van der Waals surface area contributed by atoms with E-state index in [2.05, 4.69) is 5.32 Å².